The molecule has 0 aromatic heterocycles. The first kappa shape index (κ1) is 18.5. The highest BCUT2D eigenvalue weighted by Gasteiger charge is 2.33. The molecule has 0 unspecified atom stereocenters. The molecule has 3 aromatic rings. The van der Waals surface area contributed by atoms with E-state index in [4.69, 9.17) is 11.6 Å². The Morgan fingerprint density at radius 3 is 2.21 bits per heavy atom. The van der Waals surface area contributed by atoms with Gasteiger partial charge in [-0.05, 0) is 35.9 Å². The zero-order valence-electron chi connectivity index (χ0n) is 14.7. The molecule has 6 heteroatoms. The summed E-state index contributed by atoms with van der Waals surface area (Å²) in [6.07, 6.45) is 0. The first-order chi connectivity index (χ1) is 13.5. The third-order valence-electron chi connectivity index (χ3n) is 4.56. The molecule has 28 heavy (non-hydrogen) atoms. The van der Waals surface area contributed by atoms with Crippen molar-refractivity contribution in [2.75, 3.05) is 4.90 Å². The number of fused-ring (bicyclic) bond motifs is 1. The summed E-state index contributed by atoms with van der Waals surface area (Å²) in [5.74, 6) is -0.331. The minimum atomic E-state index is -3.80. The molecule has 0 radical (unpaired) electrons. The van der Waals surface area contributed by atoms with Crippen LogP contribution in [0.3, 0.4) is 0 Å². The fourth-order valence-electron chi connectivity index (χ4n) is 3.19. The molecule has 140 valence electrons. The molecule has 4 nitrogen and oxygen atoms in total. The van der Waals surface area contributed by atoms with Crippen LogP contribution in [0.25, 0.3) is 5.57 Å². The van der Waals surface area contributed by atoms with Crippen molar-refractivity contribution in [3.05, 3.63) is 100 Å². The van der Waals surface area contributed by atoms with Crippen LogP contribution in [0.15, 0.2) is 89.2 Å². The molecule has 0 fully saturated rings. The highest BCUT2D eigenvalue weighted by atomic mass is 35.5. The van der Waals surface area contributed by atoms with Crippen LogP contribution >= 0.6 is 11.6 Å². The minimum Gasteiger partial charge on any atom is -0.303 e. The lowest BCUT2D eigenvalue weighted by molar-refractivity contribution is -0.113. The van der Waals surface area contributed by atoms with E-state index in [0.717, 1.165) is 11.0 Å². The third-order valence-corrected chi connectivity index (χ3v) is 6.29. The lowest BCUT2D eigenvalue weighted by Crippen LogP contribution is -2.25. The monoisotopic (exact) mass is 409 g/mol. The normalized spacial score (nSPS) is 15.1. The Labute approximate surface area is 168 Å². The van der Waals surface area contributed by atoms with E-state index < -0.39 is 9.84 Å². The van der Waals surface area contributed by atoms with Gasteiger partial charge in [-0.3, -0.25) is 4.79 Å². The lowest BCUT2D eigenvalue weighted by atomic mass is 10.1. The average Bonchev–Trinajstić information content (AvgIpc) is 2.95. The molecule has 4 rings (SSSR count). The molecule has 0 saturated heterocycles. The highest BCUT2D eigenvalue weighted by molar-refractivity contribution is 7.94. The smallest absolute Gasteiger partial charge is 0.260 e. The van der Waals surface area contributed by atoms with Crippen molar-refractivity contribution in [2.24, 2.45) is 0 Å². The quantitative estimate of drug-likeness (QED) is 0.587. The fourth-order valence-corrected chi connectivity index (χ4v) is 4.51. The second kappa shape index (κ2) is 7.26. The Morgan fingerprint density at radius 1 is 0.857 bits per heavy atom. The molecule has 3 aromatic carbocycles. The van der Waals surface area contributed by atoms with Crippen molar-refractivity contribution >= 4 is 38.6 Å². The molecule has 0 bridgehead atoms. The largest absolute Gasteiger partial charge is 0.303 e. The zero-order valence-corrected chi connectivity index (χ0v) is 16.3. The van der Waals surface area contributed by atoms with Crippen LogP contribution in [0.1, 0.15) is 11.1 Å². The predicted octanol–water partition coefficient (Wildman–Crippen LogP) is 4.70. The van der Waals surface area contributed by atoms with Crippen LogP contribution in [0, 0.1) is 0 Å². The number of nitrogens with zero attached hydrogens (tertiary/aromatic N) is 1. The molecule has 1 aliphatic rings. The van der Waals surface area contributed by atoms with E-state index in [1.165, 1.54) is 24.3 Å². The average molecular weight is 410 g/mol. The lowest BCUT2D eigenvalue weighted by Gasteiger charge is -2.17. The summed E-state index contributed by atoms with van der Waals surface area (Å²) in [5.41, 5.74) is 2.45. The van der Waals surface area contributed by atoms with E-state index >= 15 is 0 Å². The number of amides is 1. The molecule has 0 aliphatic carbocycles. The predicted molar refractivity (Wildman–Crippen MR) is 111 cm³/mol. The van der Waals surface area contributed by atoms with E-state index in [1.807, 2.05) is 42.5 Å². The Morgan fingerprint density at radius 2 is 1.50 bits per heavy atom. The Kier molecular flexibility index (Phi) is 4.79. The number of sulfone groups is 1. The number of para-hydroxylation sites is 1. The standard InChI is InChI=1S/C22H16ClNO3S/c23-17-10-12-18(13-11-17)28(26,27)15-20-19-8-4-5-9-21(19)24(22(20)25)14-16-6-2-1-3-7-16/h1-13,15H,14H2/b20-15+. The van der Waals surface area contributed by atoms with E-state index in [1.54, 1.807) is 17.0 Å². The fraction of sp³-hybridized carbons (Fsp3) is 0.0455. The van der Waals surface area contributed by atoms with Crippen molar-refractivity contribution < 1.29 is 13.2 Å². The van der Waals surface area contributed by atoms with E-state index in [0.29, 0.717) is 22.8 Å². The number of benzene rings is 3. The molecule has 0 N–H and O–H groups in total. The summed E-state index contributed by atoms with van der Waals surface area (Å²) in [6.45, 7) is 0.370. The van der Waals surface area contributed by atoms with Gasteiger partial charge in [0, 0.05) is 16.0 Å². The summed E-state index contributed by atoms with van der Waals surface area (Å²) in [4.78, 5) is 14.8. The molecule has 0 spiro atoms. The van der Waals surface area contributed by atoms with Gasteiger partial charge in [0.15, 0.2) is 0 Å². The van der Waals surface area contributed by atoms with Crippen molar-refractivity contribution in [1.29, 1.82) is 0 Å². The van der Waals surface area contributed by atoms with Gasteiger partial charge in [-0.15, -0.1) is 0 Å². The van der Waals surface area contributed by atoms with Gasteiger partial charge >= 0.3 is 0 Å². The molecule has 1 aliphatic heterocycles. The van der Waals surface area contributed by atoms with Crippen molar-refractivity contribution in [1.82, 2.24) is 0 Å². The maximum absolute atomic E-state index is 13.1. The number of halogens is 1. The van der Waals surface area contributed by atoms with Crippen molar-refractivity contribution in [3.8, 4) is 0 Å². The van der Waals surface area contributed by atoms with Gasteiger partial charge in [-0.1, -0.05) is 60.1 Å². The minimum absolute atomic E-state index is 0.0937. The second-order valence-electron chi connectivity index (χ2n) is 6.42. The van der Waals surface area contributed by atoms with Crippen LogP contribution in [0.4, 0.5) is 5.69 Å². The molecular formula is C22H16ClNO3S. The summed E-state index contributed by atoms with van der Waals surface area (Å²) >= 11 is 5.85. The molecule has 1 amide bonds. The Hall–Kier alpha value is -2.89. The third kappa shape index (κ3) is 3.46. The van der Waals surface area contributed by atoms with Gasteiger partial charge in [0.25, 0.3) is 5.91 Å². The maximum Gasteiger partial charge on any atom is 0.260 e. The number of hydrogen-bond acceptors (Lipinski definition) is 3. The second-order valence-corrected chi connectivity index (χ2v) is 8.66. The van der Waals surface area contributed by atoms with Gasteiger partial charge in [0.1, 0.15) is 0 Å². The summed E-state index contributed by atoms with van der Waals surface area (Å²) in [5, 5.41) is 1.51. The Bertz CT molecular complexity index is 1170. The first-order valence-corrected chi connectivity index (χ1v) is 10.6. The van der Waals surface area contributed by atoms with E-state index in [9.17, 15) is 13.2 Å². The molecule has 1 heterocycles. The summed E-state index contributed by atoms with van der Waals surface area (Å²) in [7, 11) is -3.80. The number of carbonyl (C=O) groups excluding carboxylic acids is 1. The number of rotatable bonds is 4. The number of carbonyl (C=O) groups is 1. The molecular weight excluding hydrogens is 394 g/mol. The van der Waals surface area contributed by atoms with Crippen LogP contribution in [-0.4, -0.2) is 14.3 Å². The van der Waals surface area contributed by atoms with Gasteiger partial charge in [0.2, 0.25) is 9.84 Å². The van der Waals surface area contributed by atoms with E-state index in [2.05, 4.69) is 0 Å². The van der Waals surface area contributed by atoms with Gasteiger partial charge in [-0.25, -0.2) is 8.42 Å². The van der Waals surface area contributed by atoms with Crippen LogP contribution in [0.5, 0.6) is 0 Å². The Balaban J connectivity index is 1.76. The SMILES string of the molecule is O=C1/C(=C/S(=O)(=O)c2ccc(Cl)cc2)c2ccccc2N1Cc1ccccc1. The summed E-state index contributed by atoms with van der Waals surface area (Å²) in [6, 6.07) is 22.7. The zero-order chi connectivity index (χ0) is 19.7. The number of anilines is 1. The van der Waals surface area contributed by atoms with Gasteiger partial charge in [-0.2, -0.15) is 0 Å². The number of hydrogen-bond donors (Lipinski definition) is 0. The van der Waals surface area contributed by atoms with Crippen molar-refractivity contribution in [2.45, 2.75) is 11.4 Å². The van der Waals surface area contributed by atoms with Gasteiger partial charge in [0.05, 0.1) is 22.7 Å². The van der Waals surface area contributed by atoms with Crippen LogP contribution < -0.4 is 4.90 Å². The summed E-state index contributed by atoms with van der Waals surface area (Å²) < 4.78 is 25.7. The van der Waals surface area contributed by atoms with E-state index in [-0.39, 0.29) is 16.4 Å². The van der Waals surface area contributed by atoms with Crippen LogP contribution in [-0.2, 0) is 21.2 Å². The first-order valence-electron chi connectivity index (χ1n) is 8.63. The topological polar surface area (TPSA) is 54.5 Å². The molecule has 0 saturated carbocycles. The molecule has 0 atom stereocenters. The highest BCUT2D eigenvalue weighted by Crippen LogP contribution is 2.38. The van der Waals surface area contributed by atoms with Gasteiger partial charge < -0.3 is 4.90 Å². The maximum atomic E-state index is 13.1. The van der Waals surface area contributed by atoms with Crippen LogP contribution in [0.2, 0.25) is 5.02 Å². The van der Waals surface area contributed by atoms with Crippen molar-refractivity contribution in [3.63, 3.8) is 0 Å².